The molecule has 0 aromatic carbocycles. The van der Waals surface area contributed by atoms with Crippen LogP contribution in [0.15, 0.2) is 0 Å². The van der Waals surface area contributed by atoms with Gasteiger partial charge in [0.2, 0.25) is 5.91 Å². The van der Waals surface area contributed by atoms with Gasteiger partial charge >= 0.3 is 0 Å². The van der Waals surface area contributed by atoms with Crippen LogP contribution < -0.4 is 5.32 Å². The Bertz CT molecular complexity index is 226. The van der Waals surface area contributed by atoms with Crippen molar-refractivity contribution >= 4 is 5.91 Å². The summed E-state index contributed by atoms with van der Waals surface area (Å²) >= 11 is 0. The average Bonchev–Trinajstić information content (AvgIpc) is 2.30. The van der Waals surface area contributed by atoms with Crippen molar-refractivity contribution < 1.29 is 9.90 Å². The molecule has 0 unspecified atom stereocenters. The first-order valence-electron chi connectivity index (χ1n) is 6.48. The molecule has 1 aliphatic heterocycles. The molecule has 5 nitrogen and oxygen atoms in total. The lowest BCUT2D eigenvalue weighted by Gasteiger charge is -2.34. The van der Waals surface area contributed by atoms with E-state index in [0.29, 0.717) is 12.5 Å². The summed E-state index contributed by atoms with van der Waals surface area (Å²) in [5.74, 6) is 0.238. The molecule has 5 heteroatoms. The lowest BCUT2D eigenvalue weighted by molar-refractivity contribution is -0.132. The normalized spacial score (nSPS) is 17.8. The highest BCUT2D eigenvalue weighted by molar-refractivity contribution is 5.76. The Labute approximate surface area is 104 Å². The van der Waals surface area contributed by atoms with Gasteiger partial charge in [0, 0.05) is 51.7 Å². The smallest absolute Gasteiger partial charge is 0.223 e. The molecule has 2 N–H and O–H groups in total. The van der Waals surface area contributed by atoms with Gasteiger partial charge in [0.25, 0.3) is 0 Å². The average molecular weight is 243 g/mol. The minimum Gasteiger partial charge on any atom is -0.395 e. The highest BCUT2D eigenvalue weighted by Gasteiger charge is 2.19. The molecule has 0 atom stereocenters. The molecule has 17 heavy (non-hydrogen) atoms. The van der Waals surface area contributed by atoms with Gasteiger partial charge in [-0.25, -0.2) is 0 Å². The maximum Gasteiger partial charge on any atom is 0.223 e. The lowest BCUT2D eigenvalue weighted by atomic mass is 10.2. The molecule has 1 rings (SSSR count). The van der Waals surface area contributed by atoms with Crippen LogP contribution >= 0.6 is 0 Å². The first kappa shape index (κ1) is 14.4. The molecule has 0 aliphatic carbocycles. The van der Waals surface area contributed by atoms with Crippen LogP contribution in [-0.4, -0.2) is 72.7 Å². The molecule has 0 aromatic rings. The van der Waals surface area contributed by atoms with Crippen molar-refractivity contribution in [2.45, 2.75) is 26.3 Å². The van der Waals surface area contributed by atoms with Crippen LogP contribution in [-0.2, 0) is 4.79 Å². The van der Waals surface area contributed by atoms with E-state index in [2.05, 4.69) is 24.1 Å². The Hall–Kier alpha value is -0.650. The number of amides is 1. The third-order valence-corrected chi connectivity index (χ3v) is 3.03. The van der Waals surface area contributed by atoms with Crippen molar-refractivity contribution in [2.24, 2.45) is 0 Å². The van der Waals surface area contributed by atoms with Crippen molar-refractivity contribution in [2.75, 3.05) is 45.9 Å². The molecular weight excluding hydrogens is 218 g/mol. The first-order chi connectivity index (χ1) is 8.13. The number of carbonyl (C=O) groups is 1. The van der Waals surface area contributed by atoms with Gasteiger partial charge in [-0.1, -0.05) is 13.8 Å². The fourth-order valence-corrected chi connectivity index (χ4v) is 1.99. The third-order valence-electron chi connectivity index (χ3n) is 3.03. The van der Waals surface area contributed by atoms with Crippen molar-refractivity contribution in [1.29, 1.82) is 0 Å². The molecule has 0 radical (unpaired) electrons. The highest BCUT2D eigenvalue weighted by atomic mass is 16.3. The van der Waals surface area contributed by atoms with E-state index in [0.717, 1.165) is 39.3 Å². The standard InChI is InChI=1S/C12H25N3O2/c1-11(2)13-4-3-12(17)15-7-5-14(6-8-15)9-10-16/h11,13,16H,3-10H2,1-2H3. The molecular formula is C12H25N3O2. The number of rotatable bonds is 6. The lowest BCUT2D eigenvalue weighted by Crippen LogP contribution is -2.49. The predicted octanol–water partition coefficient (Wildman–Crippen LogP) is -0.489. The summed E-state index contributed by atoms with van der Waals surface area (Å²) in [4.78, 5) is 16.0. The van der Waals surface area contributed by atoms with Crippen LogP contribution in [0, 0.1) is 0 Å². The van der Waals surface area contributed by atoms with E-state index in [-0.39, 0.29) is 12.5 Å². The summed E-state index contributed by atoms with van der Waals surface area (Å²) < 4.78 is 0. The van der Waals surface area contributed by atoms with Crippen LogP contribution in [0.4, 0.5) is 0 Å². The van der Waals surface area contributed by atoms with E-state index in [1.165, 1.54) is 0 Å². The van der Waals surface area contributed by atoms with Gasteiger partial charge in [-0.2, -0.15) is 0 Å². The summed E-state index contributed by atoms with van der Waals surface area (Å²) in [5, 5.41) is 12.1. The van der Waals surface area contributed by atoms with E-state index in [1.54, 1.807) is 0 Å². The summed E-state index contributed by atoms with van der Waals surface area (Å²) in [7, 11) is 0. The van der Waals surface area contributed by atoms with E-state index in [9.17, 15) is 4.79 Å². The number of piperazine rings is 1. The number of nitrogens with one attached hydrogen (secondary N) is 1. The van der Waals surface area contributed by atoms with E-state index in [4.69, 9.17) is 5.11 Å². The van der Waals surface area contributed by atoms with Crippen molar-refractivity contribution in [1.82, 2.24) is 15.1 Å². The second-order valence-corrected chi connectivity index (χ2v) is 4.80. The monoisotopic (exact) mass is 243 g/mol. The van der Waals surface area contributed by atoms with E-state index in [1.807, 2.05) is 4.90 Å². The quantitative estimate of drug-likeness (QED) is 0.661. The molecule has 0 aromatic heterocycles. The summed E-state index contributed by atoms with van der Waals surface area (Å²) in [6.45, 7) is 9.18. The van der Waals surface area contributed by atoms with Gasteiger partial charge < -0.3 is 15.3 Å². The number of carbonyl (C=O) groups excluding carboxylic acids is 1. The fourth-order valence-electron chi connectivity index (χ4n) is 1.99. The predicted molar refractivity (Wildman–Crippen MR) is 67.9 cm³/mol. The number of hydrogen-bond acceptors (Lipinski definition) is 4. The van der Waals surface area contributed by atoms with Crippen LogP contribution in [0.1, 0.15) is 20.3 Å². The molecule has 1 heterocycles. The number of nitrogens with zero attached hydrogens (tertiary/aromatic N) is 2. The van der Waals surface area contributed by atoms with Crippen LogP contribution in [0.3, 0.4) is 0 Å². The topological polar surface area (TPSA) is 55.8 Å². The zero-order valence-electron chi connectivity index (χ0n) is 11.0. The number of aliphatic hydroxyl groups excluding tert-OH is 1. The highest BCUT2D eigenvalue weighted by Crippen LogP contribution is 2.03. The summed E-state index contributed by atoms with van der Waals surface area (Å²) in [5.41, 5.74) is 0. The molecule has 1 amide bonds. The van der Waals surface area contributed by atoms with Crippen molar-refractivity contribution in [3.63, 3.8) is 0 Å². The maximum atomic E-state index is 11.9. The largest absolute Gasteiger partial charge is 0.395 e. The van der Waals surface area contributed by atoms with E-state index >= 15 is 0 Å². The second-order valence-electron chi connectivity index (χ2n) is 4.80. The second kappa shape index (κ2) is 7.63. The minimum atomic E-state index is 0.201. The number of aliphatic hydroxyl groups is 1. The molecule has 1 aliphatic rings. The maximum absolute atomic E-state index is 11.9. The van der Waals surface area contributed by atoms with Gasteiger partial charge in [-0.05, 0) is 0 Å². The number of hydrogen-bond donors (Lipinski definition) is 2. The molecule has 0 spiro atoms. The Balaban J connectivity index is 2.17. The van der Waals surface area contributed by atoms with Gasteiger partial charge in [0.05, 0.1) is 6.61 Å². The Kier molecular flexibility index (Phi) is 6.47. The molecule has 1 saturated heterocycles. The molecule has 0 bridgehead atoms. The van der Waals surface area contributed by atoms with E-state index < -0.39 is 0 Å². The third kappa shape index (κ3) is 5.48. The molecule has 1 fully saturated rings. The van der Waals surface area contributed by atoms with Gasteiger partial charge in [-0.3, -0.25) is 9.69 Å². The Morgan fingerprint density at radius 1 is 1.29 bits per heavy atom. The van der Waals surface area contributed by atoms with Crippen molar-refractivity contribution in [3.05, 3.63) is 0 Å². The van der Waals surface area contributed by atoms with Gasteiger partial charge in [-0.15, -0.1) is 0 Å². The van der Waals surface area contributed by atoms with Crippen molar-refractivity contribution in [3.8, 4) is 0 Å². The zero-order valence-corrected chi connectivity index (χ0v) is 11.0. The van der Waals surface area contributed by atoms with Crippen LogP contribution in [0.2, 0.25) is 0 Å². The number of β-amino-alcohol motifs (C(OH)–C–C–N with tert-alkyl or cyclic N) is 1. The summed E-state index contributed by atoms with van der Waals surface area (Å²) in [6.07, 6.45) is 0.582. The zero-order chi connectivity index (χ0) is 12.7. The van der Waals surface area contributed by atoms with Crippen LogP contribution in [0.25, 0.3) is 0 Å². The summed E-state index contributed by atoms with van der Waals surface area (Å²) in [6, 6.07) is 0.434. The first-order valence-corrected chi connectivity index (χ1v) is 6.48. The SMILES string of the molecule is CC(C)NCCC(=O)N1CCN(CCO)CC1. The molecule has 100 valence electrons. The van der Waals surface area contributed by atoms with Crippen LogP contribution in [0.5, 0.6) is 0 Å². The Morgan fingerprint density at radius 3 is 2.47 bits per heavy atom. The van der Waals surface area contributed by atoms with Gasteiger partial charge in [0.15, 0.2) is 0 Å². The fraction of sp³-hybridized carbons (Fsp3) is 0.917. The Morgan fingerprint density at radius 2 is 1.94 bits per heavy atom. The van der Waals surface area contributed by atoms with Gasteiger partial charge in [0.1, 0.15) is 0 Å². The minimum absolute atomic E-state index is 0.201. The molecule has 0 saturated carbocycles.